The van der Waals surface area contributed by atoms with Gasteiger partial charge < -0.3 is 9.32 Å². The second-order valence-corrected chi connectivity index (χ2v) is 10.8. The fourth-order valence-corrected chi connectivity index (χ4v) is 6.63. The lowest BCUT2D eigenvalue weighted by Crippen LogP contribution is -2.37. The minimum absolute atomic E-state index is 0.0826. The largest absolute Gasteiger partial charge is 0.420 e. The van der Waals surface area contributed by atoms with E-state index in [2.05, 4.69) is 4.90 Å². The maximum Gasteiger partial charge on any atom is 0.420 e. The molecule has 12 heteroatoms. The molecule has 0 radical (unpaired) electrons. The Labute approximate surface area is 202 Å². The van der Waals surface area contributed by atoms with Crippen molar-refractivity contribution >= 4 is 33.5 Å². The molecule has 0 spiro atoms. The number of nitro groups is 1. The Balaban J connectivity index is 1.13. The molecule has 0 unspecified atom stereocenters. The lowest BCUT2D eigenvalue weighted by atomic mass is 10.0. The lowest BCUT2D eigenvalue weighted by molar-refractivity contribution is -0.385. The molecule has 3 aromatic rings. The first-order valence-corrected chi connectivity index (χ1v) is 13.0. The molecule has 2 aromatic carbocycles. The van der Waals surface area contributed by atoms with Gasteiger partial charge in [-0.3, -0.25) is 28.6 Å². The Bertz CT molecular complexity index is 1340. The highest BCUT2D eigenvalue weighted by Gasteiger charge is 2.42. The number of oxazole rings is 1. The molecule has 1 fully saturated rings. The summed E-state index contributed by atoms with van der Waals surface area (Å²) in [5.74, 6) is -0.848. The van der Waals surface area contributed by atoms with Crippen molar-refractivity contribution in [1.29, 1.82) is 0 Å². The van der Waals surface area contributed by atoms with Crippen molar-refractivity contribution in [1.82, 2.24) is 13.8 Å². The summed E-state index contributed by atoms with van der Waals surface area (Å²) in [5.41, 5.74) is 1.22. The summed E-state index contributed by atoms with van der Waals surface area (Å²) in [7, 11) is -3.59. The summed E-state index contributed by atoms with van der Waals surface area (Å²) >= 11 is 0. The molecule has 186 valence electrons. The number of carbonyl (C=O) groups excluding carboxylic acids is 1. The molecule has 5 rings (SSSR count). The molecular weight excluding hydrogens is 476 g/mol. The number of likely N-dealkylation sites (tertiary alicyclic amines) is 1. The second-order valence-electron chi connectivity index (χ2n) is 8.85. The van der Waals surface area contributed by atoms with Gasteiger partial charge in [0.25, 0.3) is 11.6 Å². The van der Waals surface area contributed by atoms with E-state index in [9.17, 15) is 28.8 Å². The van der Waals surface area contributed by atoms with E-state index < -0.39 is 21.6 Å². The van der Waals surface area contributed by atoms with Gasteiger partial charge in [0.2, 0.25) is 0 Å². The number of aromatic nitrogens is 1. The first kappa shape index (κ1) is 23.5. The van der Waals surface area contributed by atoms with E-state index in [1.54, 1.807) is 10.6 Å². The van der Waals surface area contributed by atoms with E-state index in [0.29, 0.717) is 12.0 Å². The van der Waals surface area contributed by atoms with Crippen LogP contribution in [0.5, 0.6) is 0 Å². The van der Waals surface area contributed by atoms with E-state index in [-0.39, 0.29) is 34.5 Å². The molecule has 1 saturated heterocycles. The molecule has 1 aromatic heterocycles. The minimum atomic E-state index is -3.59. The topological polar surface area (TPSA) is 142 Å². The van der Waals surface area contributed by atoms with Gasteiger partial charge in [-0.1, -0.05) is 22.9 Å². The Morgan fingerprint density at radius 2 is 1.77 bits per heavy atom. The zero-order valence-corrected chi connectivity index (χ0v) is 19.7. The summed E-state index contributed by atoms with van der Waals surface area (Å²) in [6.45, 7) is 2.58. The zero-order valence-electron chi connectivity index (χ0n) is 18.9. The Morgan fingerprint density at radius 1 is 1.06 bits per heavy atom. The molecule has 35 heavy (non-hydrogen) atoms. The Kier molecular flexibility index (Phi) is 6.13. The summed E-state index contributed by atoms with van der Waals surface area (Å²) < 4.78 is 29.4. The van der Waals surface area contributed by atoms with Crippen LogP contribution in [-0.4, -0.2) is 59.9 Å². The molecule has 0 saturated carbocycles. The van der Waals surface area contributed by atoms with Gasteiger partial charge in [0.1, 0.15) is 4.90 Å². The van der Waals surface area contributed by atoms with Gasteiger partial charge in [-0.05, 0) is 50.4 Å². The number of piperidine rings is 1. The van der Waals surface area contributed by atoms with Crippen molar-refractivity contribution in [3.8, 4) is 0 Å². The third-order valence-electron chi connectivity index (χ3n) is 6.76. The molecule has 2 N–H and O–H groups in total. The number of fused-ring (bicyclic) bond motifs is 2. The number of unbranched alkanes of at least 4 members (excludes halogenated alkanes) is 1. The standard InChI is InChI=1S/C23H26N4O7S/c28-22-18-8-7-17(27(30)31)15-21(18)35(32,33)25(22)12-4-3-11-24-13-9-16(10-14-24)26-19-5-1-2-6-20(19)34-23(26)29/h1-2,5-8,15-16,32-33H,3-4,9-14H2. The average molecular weight is 503 g/mol. The molecule has 1 amide bonds. The van der Waals surface area contributed by atoms with Crippen LogP contribution in [0.2, 0.25) is 0 Å². The lowest BCUT2D eigenvalue weighted by Gasteiger charge is -2.37. The number of carbonyl (C=O) groups is 1. The number of para-hydroxylation sites is 2. The number of rotatable bonds is 7. The van der Waals surface area contributed by atoms with E-state index in [1.165, 1.54) is 12.1 Å². The highest BCUT2D eigenvalue weighted by atomic mass is 32.3. The van der Waals surface area contributed by atoms with Gasteiger partial charge in [0.05, 0.1) is 16.0 Å². The van der Waals surface area contributed by atoms with Gasteiger partial charge in [-0.25, -0.2) is 9.10 Å². The normalized spacial score (nSPS) is 19.3. The maximum absolute atomic E-state index is 12.7. The number of amides is 1. The van der Waals surface area contributed by atoms with Crippen molar-refractivity contribution in [2.45, 2.75) is 36.6 Å². The third kappa shape index (κ3) is 4.22. The van der Waals surface area contributed by atoms with Gasteiger partial charge in [0.15, 0.2) is 5.58 Å². The predicted molar refractivity (Wildman–Crippen MR) is 130 cm³/mol. The highest BCUT2D eigenvalue weighted by Crippen LogP contribution is 2.59. The predicted octanol–water partition coefficient (Wildman–Crippen LogP) is 4.10. The smallest absolute Gasteiger partial charge is 0.408 e. The molecule has 3 heterocycles. The number of hydrogen-bond donors (Lipinski definition) is 2. The Hall–Kier alpha value is -3.19. The van der Waals surface area contributed by atoms with Crippen LogP contribution >= 0.6 is 10.8 Å². The number of hydrogen-bond acceptors (Lipinski definition) is 8. The maximum atomic E-state index is 12.7. The molecule has 0 bridgehead atoms. The summed E-state index contributed by atoms with van der Waals surface area (Å²) in [6, 6.07) is 11.1. The molecule has 2 aliphatic heterocycles. The van der Waals surface area contributed by atoms with Gasteiger partial charge in [-0.15, -0.1) is 0 Å². The second kappa shape index (κ2) is 9.11. The van der Waals surface area contributed by atoms with Crippen LogP contribution in [0.25, 0.3) is 11.1 Å². The summed E-state index contributed by atoms with van der Waals surface area (Å²) in [4.78, 5) is 37.6. The van der Waals surface area contributed by atoms with Crippen molar-refractivity contribution in [2.75, 3.05) is 26.2 Å². The van der Waals surface area contributed by atoms with Crippen LogP contribution in [0.15, 0.2) is 56.6 Å². The fourth-order valence-electron chi connectivity index (χ4n) is 4.95. The number of benzene rings is 2. The van der Waals surface area contributed by atoms with Crippen LogP contribution in [0.1, 0.15) is 42.1 Å². The van der Waals surface area contributed by atoms with E-state index in [1.807, 2.05) is 18.2 Å². The first-order chi connectivity index (χ1) is 16.8. The zero-order chi connectivity index (χ0) is 24.7. The van der Waals surface area contributed by atoms with E-state index in [4.69, 9.17) is 4.42 Å². The van der Waals surface area contributed by atoms with Gasteiger partial charge in [-0.2, -0.15) is 0 Å². The van der Waals surface area contributed by atoms with Crippen LogP contribution in [0.4, 0.5) is 5.69 Å². The number of non-ortho nitro benzene ring substituents is 1. The average Bonchev–Trinajstić information content (AvgIpc) is 3.27. The number of nitro benzene ring substituents is 1. The van der Waals surface area contributed by atoms with Crippen molar-refractivity contribution in [2.24, 2.45) is 0 Å². The third-order valence-corrected chi connectivity index (χ3v) is 8.65. The van der Waals surface area contributed by atoms with Gasteiger partial charge >= 0.3 is 5.76 Å². The monoisotopic (exact) mass is 502 g/mol. The van der Waals surface area contributed by atoms with Crippen LogP contribution in [0.3, 0.4) is 0 Å². The minimum Gasteiger partial charge on any atom is -0.408 e. The number of nitrogens with zero attached hydrogens (tertiary/aromatic N) is 4. The van der Waals surface area contributed by atoms with Crippen LogP contribution < -0.4 is 5.76 Å². The summed E-state index contributed by atoms with van der Waals surface area (Å²) in [5, 5.41) is 11.0. The highest BCUT2D eigenvalue weighted by molar-refractivity contribution is 8.23. The fraction of sp³-hybridized carbons (Fsp3) is 0.391. The van der Waals surface area contributed by atoms with Crippen molar-refractivity contribution in [3.05, 3.63) is 68.7 Å². The SMILES string of the molecule is O=C1c2ccc([N+](=O)[O-])cc2S(O)(O)N1CCCCN1CCC(n2c(=O)oc3ccccc32)CC1. The molecule has 0 atom stereocenters. The molecular formula is C23H26N4O7S. The van der Waals surface area contributed by atoms with Crippen LogP contribution in [-0.2, 0) is 0 Å². The summed E-state index contributed by atoms with van der Waals surface area (Å²) in [6.07, 6.45) is 2.95. The van der Waals surface area contributed by atoms with Crippen molar-refractivity contribution in [3.63, 3.8) is 0 Å². The molecule has 2 aliphatic rings. The Morgan fingerprint density at radius 3 is 2.51 bits per heavy atom. The molecule has 11 nitrogen and oxygen atoms in total. The van der Waals surface area contributed by atoms with Crippen molar-refractivity contribution < 1.29 is 23.2 Å². The molecule has 0 aliphatic carbocycles. The quantitative estimate of drug-likeness (QED) is 0.279. The van der Waals surface area contributed by atoms with E-state index >= 15 is 0 Å². The van der Waals surface area contributed by atoms with E-state index in [0.717, 1.165) is 54.8 Å². The van der Waals surface area contributed by atoms with Gasteiger partial charge in [0, 0.05) is 37.8 Å². The van der Waals surface area contributed by atoms with Crippen LogP contribution in [0, 0.1) is 10.1 Å². The first-order valence-electron chi connectivity index (χ1n) is 11.5.